The lowest BCUT2D eigenvalue weighted by Crippen LogP contribution is -2.35. The van der Waals surface area contributed by atoms with Crippen LogP contribution >= 0.6 is 0 Å². The highest BCUT2D eigenvalue weighted by molar-refractivity contribution is 7.93. The minimum Gasteiger partial charge on any atom is -0.497 e. The number of carbonyl (C=O) groups excluding carboxylic acids is 1. The van der Waals surface area contributed by atoms with Gasteiger partial charge in [-0.15, -0.1) is 0 Å². The van der Waals surface area contributed by atoms with Crippen LogP contribution in [0.2, 0.25) is 0 Å². The number of amides is 1. The van der Waals surface area contributed by atoms with E-state index in [9.17, 15) is 21.6 Å². The quantitative estimate of drug-likeness (QED) is 0.496. The highest BCUT2D eigenvalue weighted by atomic mass is 32.2. The lowest BCUT2D eigenvalue weighted by atomic mass is 10.0. The molecule has 0 atom stereocenters. The maximum Gasteiger partial charge on any atom is 0.264 e. The first-order valence-corrected chi connectivity index (χ1v) is 13.7. The lowest BCUT2D eigenvalue weighted by Gasteiger charge is -2.31. The van der Waals surface area contributed by atoms with Gasteiger partial charge in [-0.2, -0.15) is 0 Å². The number of benzene rings is 3. The van der Waals surface area contributed by atoms with E-state index in [0.29, 0.717) is 42.2 Å². The summed E-state index contributed by atoms with van der Waals surface area (Å²) in [4.78, 5) is 11.3. The van der Waals surface area contributed by atoms with Gasteiger partial charge >= 0.3 is 0 Å². The third-order valence-electron chi connectivity index (χ3n) is 5.54. The first-order valence-electron chi connectivity index (χ1n) is 10.8. The Morgan fingerprint density at radius 2 is 1.51 bits per heavy atom. The molecule has 1 aliphatic rings. The maximum atomic E-state index is 13.3. The normalized spacial score (nSPS) is 13.6. The van der Waals surface area contributed by atoms with Gasteiger partial charge in [0.1, 0.15) is 5.75 Å². The molecule has 0 radical (unpaired) electrons. The molecule has 35 heavy (non-hydrogen) atoms. The summed E-state index contributed by atoms with van der Waals surface area (Å²) >= 11 is 0. The van der Waals surface area contributed by atoms with Gasteiger partial charge in [0.05, 0.1) is 22.6 Å². The topological polar surface area (TPSA) is 122 Å². The SMILES string of the molecule is COc1ccc(S(=O)(=O)N2CCCc3cc(NS(=O)(=O)c4ccc(NC(C)=O)cc4)ccc32)cc1. The molecule has 2 N–H and O–H groups in total. The molecule has 9 nitrogen and oxygen atoms in total. The van der Waals surface area contributed by atoms with Crippen molar-refractivity contribution in [2.24, 2.45) is 0 Å². The van der Waals surface area contributed by atoms with Crippen LogP contribution in [0.1, 0.15) is 18.9 Å². The van der Waals surface area contributed by atoms with E-state index in [-0.39, 0.29) is 15.7 Å². The van der Waals surface area contributed by atoms with Gasteiger partial charge in [0.2, 0.25) is 5.91 Å². The summed E-state index contributed by atoms with van der Waals surface area (Å²) in [6.07, 6.45) is 1.22. The molecule has 0 saturated heterocycles. The summed E-state index contributed by atoms with van der Waals surface area (Å²) in [5.74, 6) is 0.306. The fraction of sp³-hybridized carbons (Fsp3) is 0.208. The van der Waals surface area contributed by atoms with Crippen LogP contribution in [0.5, 0.6) is 5.75 Å². The Labute approximate surface area is 204 Å². The van der Waals surface area contributed by atoms with Crippen molar-refractivity contribution in [1.29, 1.82) is 0 Å². The Kier molecular flexibility index (Phi) is 6.73. The van der Waals surface area contributed by atoms with E-state index in [4.69, 9.17) is 4.74 Å². The minimum absolute atomic E-state index is 0.0352. The summed E-state index contributed by atoms with van der Waals surface area (Å²) < 4.78 is 61.3. The highest BCUT2D eigenvalue weighted by Crippen LogP contribution is 2.34. The van der Waals surface area contributed by atoms with Crippen molar-refractivity contribution in [2.45, 2.75) is 29.6 Å². The molecule has 3 aromatic carbocycles. The van der Waals surface area contributed by atoms with E-state index in [2.05, 4.69) is 10.0 Å². The van der Waals surface area contributed by atoms with E-state index in [1.165, 1.54) is 54.7 Å². The lowest BCUT2D eigenvalue weighted by molar-refractivity contribution is -0.114. The zero-order valence-electron chi connectivity index (χ0n) is 19.2. The summed E-state index contributed by atoms with van der Waals surface area (Å²) in [5.41, 5.74) is 2.07. The number of anilines is 3. The second kappa shape index (κ2) is 9.59. The zero-order chi connectivity index (χ0) is 25.2. The summed E-state index contributed by atoms with van der Waals surface area (Å²) in [7, 11) is -6.17. The zero-order valence-corrected chi connectivity index (χ0v) is 20.8. The van der Waals surface area contributed by atoms with Crippen molar-refractivity contribution in [3.05, 3.63) is 72.3 Å². The number of methoxy groups -OCH3 is 1. The van der Waals surface area contributed by atoms with Gasteiger partial charge < -0.3 is 10.1 Å². The molecule has 1 heterocycles. The molecule has 3 aromatic rings. The molecule has 0 aromatic heterocycles. The fourth-order valence-electron chi connectivity index (χ4n) is 3.89. The summed E-state index contributed by atoms with van der Waals surface area (Å²) in [6.45, 7) is 1.69. The van der Waals surface area contributed by atoms with Gasteiger partial charge in [-0.25, -0.2) is 16.8 Å². The molecule has 184 valence electrons. The van der Waals surface area contributed by atoms with E-state index < -0.39 is 20.0 Å². The second-order valence-corrected chi connectivity index (χ2v) is 11.6. The molecule has 0 unspecified atom stereocenters. The monoisotopic (exact) mass is 515 g/mol. The first-order chi connectivity index (χ1) is 16.6. The second-order valence-electron chi connectivity index (χ2n) is 8.01. The first kappa shape index (κ1) is 24.6. The molecule has 0 fully saturated rings. The van der Waals surface area contributed by atoms with Crippen LogP contribution in [0.4, 0.5) is 17.1 Å². The fourth-order valence-corrected chi connectivity index (χ4v) is 6.48. The third-order valence-corrected chi connectivity index (χ3v) is 8.76. The van der Waals surface area contributed by atoms with E-state index >= 15 is 0 Å². The average Bonchev–Trinajstić information content (AvgIpc) is 2.83. The number of nitrogens with one attached hydrogen (secondary N) is 2. The number of carbonyl (C=O) groups is 1. The molecule has 1 aliphatic heterocycles. The van der Waals surface area contributed by atoms with Crippen molar-refractivity contribution in [1.82, 2.24) is 0 Å². The number of nitrogens with zero attached hydrogens (tertiary/aromatic N) is 1. The van der Waals surface area contributed by atoms with Gasteiger partial charge in [-0.05, 0) is 85.1 Å². The molecule has 0 spiro atoms. The third kappa shape index (κ3) is 5.25. The molecule has 0 bridgehead atoms. The van der Waals surface area contributed by atoms with Crippen molar-refractivity contribution >= 4 is 43.0 Å². The van der Waals surface area contributed by atoms with E-state index in [1.807, 2.05) is 0 Å². The Bertz CT molecular complexity index is 1450. The van der Waals surface area contributed by atoms with E-state index in [1.54, 1.807) is 30.3 Å². The minimum atomic E-state index is -3.88. The van der Waals surface area contributed by atoms with Crippen LogP contribution in [0.3, 0.4) is 0 Å². The largest absolute Gasteiger partial charge is 0.497 e. The standard InChI is InChI=1S/C24H25N3O6S2/c1-17(28)25-19-5-10-22(11-6-19)34(29,30)26-20-7-14-24-18(16-20)4-3-15-27(24)35(31,32)23-12-8-21(33-2)9-13-23/h5-14,16,26H,3-4,15H2,1-2H3,(H,25,28). The van der Waals surface area contributed by atoms with Gasteiger partial charge in [0, 0.05) is 24.8 Å². The van der Waals surface area contributed by atoms with Crippen LogP contribution in [-0.4, -0.2) is 36.4 Å². The number of sulfonamides is 2. The van der Waals surface area contributed by atoms with Gasteiger partial charge in [-0.1, -0.05) is 0 Å². The van der Waals surface area contributed by atoms with Crippen LogP contribution in [0.25, 0.3) is 0 Å². The van der Waals surface area contributed by atoms with Crippen molar-refractivity contribution < 1.29 is 26.4 Å². The predicted molar refractivity (Wildman–Crippen MR) is 134 cm³/mol. The Morgan fingerprint density at radius 1 is 0.886 bits per heavy atom. The molecule has 4 rings (SSSR count). The molecule has 0 aliphatic carbocycles. The molecule has 0 saturated carbocycles. The van der Waals surface area contributed by atoms with Crippen LogP contribution in [0.15, 0.2) is 76.5 Å². The van der Waals surface area contributed by atoms with Gasteiger partial charge in [0.15, 0.2) is 0 Å². The summed E-state index contributed by atoms with van der Waals surface area (Å²) in [5, 5.41) is 2.59. The Morgan fingerprint density at radius 3 is 2.14 bits per heavy atom. The molecular weight excluding hydrogens is 490 g/mol. The molecular formula is C24H25N3O6S2. The van der Waals surface area contributed by atoms with Crippen LogP contribution in [-0.2, 0) is 31.3 Å². The van der Waals surface area contributed by atoms with Crippen molar-refractivity contribution in [2.75, 3.05) is 28.0 Å². The van der Waals surface area contributed by atoms with Gasteiger partial charge in [0.25, 0.3) is 20.0 Å². The number of hydrogen-bond donors (Lipinski definition) is 2. The van der Waals surface area contributed by atoms with Crippen LogP contribution in [0, 0.1) is 0 Å². The van der Waals surface area contributed by atoms with Crippen molar-refractivity contribution in [3.8, 4) is 5.75 Å². The molecule has 1 amide bonds. The number of fused-ring (bicyclic) bond motifs is 1. The summed E-state index contributed by atoms with van der Waals surface area (Å²) in [6, 6.07) is 16.8. The van der Waals surface area contributed by atoms with Crippen LogP contribution < -0.4 is 19.1 Å². The Hall–Kier alpha value is -3.57. The maximum absolute atomic E-state index is 13.3. The smallest absolute Gasteiger partial charge is 0.264 e. The van der Waals surface area contributed by atoms with Crippen molar-refractivity contribution in [3.63, 3.8) is 0 Å². The number of aryl methyl sites for hydroxylation is 1. The average molecular weight is 516 g/mol. The number of hydrogen-bond acceptors (Lipinski definition) is 6. The molecule has 11 heteroatoms. The highest BCUT2D eigenvalue weighted by Gasteiger charge is 2.29. The number of ether oxygens (including phenoxy) is 1. The van der Waals surface area contributed by atoms with E-state index in [0.717, 1.165) is 5.56 Å². The Balaban J connectivity index is 1.58. The number of rotatable bonds is 7. The van der Waals surface area contributed by atoms with Gasteiger partial charge in [-0.3, -0.25) is 13.8 Å². The predicted octanol–water partition coefficient (Wildman–Crippen LogP) is 3.60.